The van der Waals surface area contributed by atoms with Crippen LogP contribution in [0.15, 0.2) is 53.1 Å². The summed E-state index contributed by atoms with van der Waals surface area (Å²) in [6.07, 6.45) is 5.20. The molecule has 1 N–H and O–H groups in total. The Bertz CT molecular complexity index is 1020. The van der Waals surface area contributed by atoms with Crippen molar-refractivity contribution in [2.45, 2.75) is 25.9 Å². The van der Waals surface area contributed by atoms with Gasteiger partial charge in [0.25, 0.3) is 5.91 Å². The third-order valence-electron chi connectivity index (χ3n) is 4.78. The van der Waals surface area contributed by atoms with E-state index in [2.05, 4.69) is 9.88 Å². The Labute approximate surface area is 172 Å². The number of hydrogen-bond acceptors (Lipinski definition) is 5. The average molecular weight is 412 g/mol. The smallest absolute Gasteiger partial charge is 0.261 e. The zero-order chi connectivity index (χ0) is 20.2. The summed E-state index contributed by atoms with van der Waals surface area (Å²) in [5.74, 6) is 1.44. The number of hydrogen-bond donors (Lipinski definition) is 1. The van der Waals surface area contributed by atoms with Crippen LogP contribution in [0.2, 0.25) is 0 Å². The van der Waals surface area contributed by atoms with Crippen LogP contribution >= 0.6 is 11.9 Å². The third-order valence-corrected chi connectivity index (χ3v) is 5.17. The van der Waals surface area contributed by atoms with Crippen LogP contribution in [0.4, 0.5) is 4.39 Å². The first-order valence-electron chi connectivity index (χ1n) is 9.43. The maximum absolute atomic E-state index is 14.3. The lowest BCUT2D eigenvalue weighted by Crippen LogP contribution is -2.15. The fourth-order valence-corrected chi connectivity index (χ4v) is 3.32. The van der Waals surface area contributed by atoms with Crippen molar-refractivity contribution in [3.05, 3.63) is 71.2 Å². The highest BCUT2D eigenvalue weighted by molar-refractivity contribution is 7.97. The maximum atomic E-state index is 14.3. The molecule has 0 radical (unpaired) electrons. The molecule has 1 saturated carbocycles. The van der Waals surface area contributed by atoms with E-state index in [0.717, 1.165) is 29.4 Å². The number of ether oxygens (including phenoxy) is 1. The first kappa shape index (κ1) is 19.5. The molecule has 1 aliphatic rings. The van der Waals surface area contributed by atoms with E-state index in [0.29, 0.717) is 11.3 Å². The molecule has 0 unspecified atom stereocenters. The van der Waals surface area contributed by atoms with Crippen LogP contribution in [-0.2, 0) is 13.0 Å². The van der Waals surface area contributed by atoms with Crippen molar-refractivity contribution in [2.75, 3.05) is 6.26 Å². The largest absolute Gasteiger partial charge is 0.489 e. The van der Waals surface area contributed by atoms with E-state index in [4.69, 9.17) is 9.26 Å². The highest BCUT2D eigenvalue weighted by atomic mass is 32.2. The Morgan fingerprint density at radius 1 is 1.28 bits per heavy atom. The van der Waals surface area contributed by atoms with Crippen molar-refractivity contribution >= 4 is 17.9 Å². The number of aromatic nitrogens is 1. The molecule has 1 fully saturated rings. The summed E-state index contributed by atoms with van der Waals surface area (Å²) in [5.41, 5.74) is 2.30. The molecule has 4 rings (SSSR count). The fraction of sp³-hybridized carbons (Fsp3) is 0.273. The molecular formula is C22H21FN2O3S. The van der Waals surface area contributed by atoms with Gasteiger partial charge in [0.1, 0.15) is 29.6 Å². The Kier molecular flexibility index (Phi) is 5.85. The van der Waals surface area contributed by atoms with Crippen molar-refractivity contribution in [2.24, 2.45) is 5.92 Å². The van der Waals surface area contributed by atoms with Gasteiger partial charge in [-0.2, -0.15) is 0 Å². The van der Waals surface area contributed by atoms with Crippen molar-refractivity contribution in [3.63, 3.8) is 0 Å². The van der Waals surface area contributed by atoms with Crippen LogP contribution in [0.3, 0.4) is 0 Å². The normalized spacial score (nSPS) is 13.3. The number of nitrogens with zero attached hydrogens (tertiary/aromatic N) is 1. The van der Waals surface area contributed by atoms with Crippen molar-refractivity contribution in [1.29, 1.82) is 0 Å². The molecule has 1 aliphatic carbocycles. The molecule has 0 saturated heterocycles. The number of benzene rings is 2. The molecule has 0 aliphatic heterocycles. The molecule has 2 aromatic carbocycles. The van der Waals surface area contributed by atoms with E-state index in [1.54, 1.807) is 18.4 Å². The fourth-order valence-electron chi connectivity index (χ4n) is 3.02. The van der Waals surface area contributed by atoms with Crippen LogP contribution in [-0.4, -0.2) is 17.3 Å². The summed E-state index contributed by atoms with van der Waals surface area (Å²) in [6, 6.07) is 13.8. The Morgan fingerprint density at radius 3 is 2.90 bits per heavy atom. The van der Waals surface area contributed by atoms with E-state index >= 15 is 0 Å². The molecule has 0 spiro atoms. The highest BCUT2D eigenvalue weighted by Crippen LogP contribution is 2.33. The molecule has 1 amide bonds. The molecule has 1 heterocycles. The third kappa shape index (κ3) is 4.98. The molecule has 3 aromatic rings. The van der Waals surface area contributed by atoms with Gasteiger partial charge in [0, 0.05) is 35.4 Å². The molecule has 150 valence electrons. The van der Waals surface area contributed by atoms with Gasteiger partial charge >= 0.3 is 0 Å². The first-order chi connectivity index (χ1) is 14.1. The van der Waals surface area contributed by atoms with E-state index < -0.39 is 5.82 Å². The summed E-state index contributed by atoms with van der Waals surface area (Å²) in [4.78, 5) is 11.8. The zero-order valence-electron chi connectivity index (χ0n) is 16.0. The topological polar surface area (TPSA) is 64.4 Å². The van der Waals surface area contributed by atoms with Gasteiger partial charge in [-0.05, 0) is 43.0 Å². The van der Waals surface area contributed by atoms with E-state index in [9.17, 15) is 9.18 Å². The first-order valence-corrected chi connectivity index (χ1v) is 10.7. The Hall–Kier alpha value is -2.80. The van der Waals surface area contributed by atoms with Crippen molar-refractivity contribution in [3.8, 4) is 17.0 Å². The van der Waals surface area contributed by atoms with Gasteiger partial charge in [0.05, 0.1) is 0 Å². The molecule has 0 bridgehead atoms. The van der Waals surface area contributed by atoms with Crippen LogP contribution in [0.1, 0.15) is 34.5 Å². The quantitative estimate of drug-likeness (QED) is 0.526. The Morgan fingerprint density at radius 2 is 2.14 bits per heavy atom. The lowest BCUT2D eigenvalue weighted by atomic mass is 10.1. The second-order valence-corrected chi connectivity index (χ2v) is 7.70. The minimum absolute atomic E-state index is 0.0610. The van der Waals surface area contributed by atoms with Crippen molar-refractivity contribution < 1.29 is 18.4 Å². The lowest BCUT2D eigenvalue weighted by molar-refractivity contribution is 0.0984. The molecule has 1 aromatic heterocycles. The summed E-state index contributed by atoms with van der Waals surface area (Å²) in [5, 5.41) is 4.15. The number of amides is 1. The lowest BCUT2D eigenvalue weighted by Gasteiger charge is -2.09. The second-order valence-electron chi connectivity index (χ2n) is 7.08. The maximum Gasteiger partial charge on any atom is 0.261 e. The van der Waals surface area contributed by atoms with Gasteiger partial charge in [-0.25, -0.2) is 4.39 Å². The van der Waals surface area contributed by atoms with Crippen LogP contribution in [0.5, 0.6) is 5.75 Å². The van der Waals surface area contributed by atoms with Crippen molar-refractivity contribution in [1.82, 2.24) is 9.88 Å². The molecule has 0 atom stereocenters. The number of halogens is 1. The number of carbonyl (C=O) groups excluding carboxylic acids is 1. The van der Waals surface area contributed by atoms with Gasteiger partial charge in [-0.15, -0.1) is 0 Å². The second kappa shape index (κ2) is 8.69. The van der Waals surface area contributed by atoms with Crippen LogP contribution in [0.25, 0.3) is 11.3 Å². The van der Waals surface area contributed by atoms with Crippen LogP contribution < -0.4 is 9.46 Å². The SMILES string of the molecule is CSNC(=O)c1ccc(COc2cccc(-c3cc(CC4CC4)on3)c2)c(F)c1. The summed E-state index contributed by atoms with van der Waals surface area (Å²) < 4.78 is 28.1. The minimum atomic E-state index is -0.476. The molecule has 29 heavy (non-hydrogen) atoms. The predicted octanol–water partition coefficient (Wildman–Crippen LogP) is 5.02. The minimum Gasteiger partial charge on any atom is -0.489 e. The molecule has 7 heteroatoms. The molecular weight excluding hydrogens is 391 g/mol. The van der Waals surface area contributed by atoms with E-state index in [-0.39, 0.29) is 18.1 Å². The highest BCUT2D eigenvalue weighted by Gasteiger charge is 2.23. The van der Waals surface area contributed by atoms with Gasteiger partial charge < -0.3 is 9.26 Å². The van der Waals surface area contributed by atoms with Gasteiger partial charge in [0.15, 0.2) is 0 Å². The van der Waals surface area contributed by atoms with Gasteiger partial charge in [-0.1, -0.05) is 35.3 Å². The standard InChI is InChI=1S/C22H21FN2O3S/c1-29-25-22(26)16-7-8-17(20(23)11-16)13-27-18-4-2-3-15(10-18)21-12-19(28-24-21)9-14-5-6-14/h2-4,7-8,10-12,14H,5-6,9,13H2,1H3,(H,25,26). The molecule has 5 nitrogen and oxygen atoms in total. The average Bonchev–Trinajstić information content (AvgIpc) is 3.41. The predicted molar refractivity (Wildman–Crippen MR) is 110 cm³/mol. The van der Waals surface area contributed by atoms with E-state index in [1.165, 1.54) is 30.9 Å². The summed E-state index contributed by atoms with van der Waals surface area (Å²) in [7, 11) is 0. The van der Waals surface area contributed by atoms with Gasteiger partial charge in [-0.3, -0.25) is 9.52 Å². The zero-order valence-corrected chi connectivity index (χ0v) is 16.8. The number of rotatable bonds is 8. The van der Waals surface area contributed by atoms with Gasteiger partial charge in [0.2, 0.25) is 0 Å². The Balaban J connectivity index is 1.41. The van der Waals surface area contributed by atoms with E-state index in [1.807, 2.05) is 30.3 Å². The number of carbonyl (C=O) groups is 1. The summed E-state index contributed by atoms with van der Waals surface area (Å²) in [6.45, 7) is 0.0610. The summed E-state index contributed by atoms with van der Waals surface area (Å²) >= 11 is 1.17. The number of nitrogens with one attached hydrogen (secondary N) is 1. The monoisotopic (exact) mass is 412 g/mol. The van der Waals surface area contributed by atoms with Crippen LogP contribution in [0, 0.1) is 11.7 Å².